The van der Waals surface area contributed by atoms with Gasteiger partial charge in [-0.05, 0) is 69.6 Å². The normalized spacial score (nSPS) is 20.2. The summed E-state index contributed by atoms with van der Waals surface area (Å²) in [4.78, 5) is 51.9. The fourth-order valence-electron chi connectivity index (χ4n) is 5.37. The van der Waals surface area contributed by atoms with Crippen molar-refractivity contribution in [1.82, 2.24) is 4.90 Å². The first kappa shape index (κ1) is 26.6. The molecular formula is C30H36N2O5. The van der Waals surface area contributed by atoms with E-state index in [-0.39, 0.29) is 23.7 Å². The first-order chi connectivity index (χ1) is 17.9. The van der Waals surface area contributed by atoms with Gasteiger partial charge >= 0.3 is 5.97 Å². The molecule has 1 aliphatic carbocycles. The van der Waals surface area contributed by atoms with Crippen LogP contribution in [0, 0.1) is 18.8 Å². The van der Waals surface area contributed by atoms with Gasteiger partial charge in [0.25, 0.3) is 5.91 Å². The van der Waals surface area contributed by atoms with Crippen LogP contribution in [0.25, 0.3) is 0 Å². The molecule has 196 valence electrons. The highest BCUT2D eigenvalue weighted by Crippen LogP contribution is 2.32. The molecule has 0 aromatic heterocycles. The summed E-state index contributed by atoms with van der Waals surface area (Å²) < 4.78 is 5.14. The van der Waals surface area contributed by atoms with Gasteiger partial charge in [0, 0.05) is 30.3 Å². The number of piperidine rings is 1. The summed E-state index contributed by atoms with van der Waals surface area (Å²) in [5, 5.41) is 3.01. The summed E-state index contributed by atoms with van der Waals surface area (Å²) in [6.07, 6.45) is 4.52. The topological polar surface area (TPSA) is 92.8 Å². The van der Waals surface area contributed by atoms with E-state index in [1.165, 1.54) is 0 Å². The van der Waals surface area contributed by atoms with E-state index in [1.54, 1.807) is 24.0 Å². The second-order valence-electron chi connectivity index (χ2n) is 10.2. The van der Waals surface area contributed by atoms with E-state index in [4.69, 9.17) is 4.74 Å². The molecule has 1 heterocycles. The van der Waals surface area contributed by atoms with Crippen LogP contribution in [0.5, 0.6) is 0 Å². The van der Waals surface area contributed by atoms with Crippen LogP contribution in [0.1, 0.15) is 72.9 Å². The van der Waals surface area contributed by atoms with Crippen molar-refractivity contribution in [3.63, 3.8) is 0 Å². The van der Waals surface area contributed by atoms with E-state index < -0.39 is 11.7 Å². The SMILES string of the molecule is CCOC(=O)[C@@H]1CCC[C@H](C(=O)Nc2ccc(C3CCN(C(=O)C(=O)c4ccc(C)cc4)CC3)cc2)C1. The van der Waals surface area contributed by atoms with Crippen molar-refractivity contribution in [2.75, 3.05) is 25.0 Å². The quantitative estimate of drug-likeness (QED) is 0.329. The summed E-state index contributed by atoms with van der Waals surface area (Å²) in [5.74, 6) is -1.22. The Hall–Kier alpha value is -3.48. The molecule has 0 bridgehead atoms. The summed E-state index contributed by atoms with van der Waals surface area (Å²) in [6.45, 7) is 5.19. The minimum atomic E-state index is -0.454. The van der Waals surface area contributed by atoms with E-state index in [1.807, 2.05) is 43.3 Å². The molecule has 1 saturated carbocycles. The summed E-state index contributed by atoms with van der Waals surface area (Å²) in [7, 11) is 0. The van der Waals surface area contributed by atoms with Gasteiger partial charge in [-0.25, -0.2) is 0 Å². The highest BCUT2D eigenvalue weighted by Gasteiger charge is 2.32. The first-order valence-corrected chi connectivity index (χ1v) is 13.3. The van der Waals surface area contributed by atoms with E-state index in [2.05, 4.69) is 5.32 Å². The molecule has 2 aromatic rings. The molecule has 37 heavy (non-hydrogen) atoms. The zero-order chi connectivity index (χ0) is 26.4. The predicted molar refractivity (Wildman–Crippen MR) is 141 cm³/mol. The highest BCUT2D eigenvalue weighted by atomic mass is 16.5. The van der Waals surface area contributed by atoms with Gasteiger partial charge in [0.2, 0.25) is 11.7 Å². The number of amides is 2. The number of hydrogen-bond acceptors (Lipinski definition) is 5. The second-order valence-corrected chi connectivity index (χ2v) is 10.2. The van der Waals surface area contributed by atoms with Gasteiger partial charge in [-0.1, -0.05) is 48.4 Å². The lowest BCUT2D eigenvalue weighted by Gasteiger charge is -2.32. The number of nitrogens with one attached hydrogen (secondary N) is 1. The van der Waals surface area contributed by atoms with Crippen molar-refractivity contribution in [2.24, 2.45) is 11.8 Å². The standard InChI is InChI=1S/C30H36N2O5/c1-3-37-30(36)25-6-4-5-24(19-25)28(34)31-26-13-11-21(12-14-26)22-15-17-32(18-16-22)29(35)27(33)23-9-7-20(2)8-10-23/h7-14,22,24-25H,3-6,15-19H2,1-2H3,(H,31,34)/t24-,25+/m0/s1. The molecule has 2 atom stereocenters. The fourth-order valence-corrected chi connectivity index (χ4v) is 5.37. The number of Topliss-reactive ketones (excluding diaryl/α,β-unsaturated/α-hetero) is 1. The summed E-state index contributed by atoms with van der Waals surface area (Å²) >= 11 is 0. The van der Waals surface area contributed by atoms with Crippen molar-refractivity contribution >= 4 is 29.3 Å². The lowest BCUT2D eigenvalue weighted by molar-refractivity contribution is -0.150. The minimum Gasteiger partial charge on any atom is -0.466 e. The molecule has 2 fully saturated rings. The smallest absolute Gasteiger partial charge is 0.308 e. The monoisotopic (exact) mass is 504 g/mol. The molecule has 2 amide bonds. The molecule has 1 aliphatic heterocycles. The number of esters is 1. The number of aryl methyl sites for hydroxylation is 1. The average Bonchev–Trinajstić information content (AvgIpc) is 2.93. The Morgan fingerprint density at radius 3 is 2.19 bits per heavy atom. The van der Waals surface area contributed by atoms with Crippen molar-refractivity contribution in [3.8, 4) is 0 Å². The van der Waals surface area contributed by atoms with Crippen LogP contribution in [-0.4, -0.2) is 48.2 Å². The molecule has 1 saturated heterocycles. The summed E-state index contributed by atoms with van der Waals surface area (Å²) in [5.41, 5.74) is 3.38. The average molecular weight is 505 g/mol. The Morgan fingerprint density at radius 1 is 0.892 bits per heavy atom. The Kier molecular flexibility index (Phi) is 8.74. The fraction of sp³-hybridized carbons (Fsp3) is 0.467. The predicted octanol–water partition coefficient (Wildman–Crippen LogP) is 4.89. The van der Waals surface area contributed by atoms with E-state index in [0.29, 0.717) is 37.6 Å². The van der Waals surface area contributed by atoms with Gasteiger partial charge < -0.3 is 15.0 Å². The number of nitrogens with zero attached hydrogens (tertiary/aromatic N) is 1. The van der Waals surface area contributed by atoms with Gasteiger partial charge in [-0.15, -0.1) is 0 Å². The van der Waals surface area contributed by atoms with Gasteiger partial charge in [-0.2, -0.15) is 0 Å². The van der Waals surface area contributed by atoms with Crippen LogP contribution in [0.4, 0.5) is 5.69 Å². The third-order valence-electron chi connectivity index (χ3n) is 7.60. The van der Waals surface area contributed by atoms with E-state index >= 15 is 0 Å². The van der Waals surface area contributed by atoms with Crippen LogP contribution in [-0.2, 0) is 19.1 Å². The number of carbonyl (C=O) groups excluding carboxylic acids is 4. The molecule has 2 aliphatic rings. The molecule has 2 aromatic carbocycles. The van der Waals surface area contributed by atoms with Gasteiger partial charge in [0.15, 0.2) is 0 Å². The van der Waals surface area contributed by atoms with Crippen LogP contribution in [0.2, 0.25) is 0 Å². The molecule has 0 radical (unpaired) electrons. The van der Waals surface area contributed by atoms with Crippen LogP contribution in [0.3, 0.4) is 0 Å². The number of ether oxygens (including phenoxy) is 1. The Morgan fingerprint density at radius 2 is 1.54 bits per heavy atom. The molecule has 7 nitrogen and oxygen atoms in total. The zero-order valence-corrected chi connectivity index (χ0v) is 21.7. The molecular weight excluding hydrogens is 468 g/mol. The van der Waals surface area contributed by atoms with Gasteiger partial charge in [-0.3, -0.25) is 19.2 Å². The van der Waals surface area contributed by atoms with E-state index in [9.17, 15) is 19.2 Å². The maximum Gasteiger partial charge on any atom is 0.308 e. The van der Waals surface area contributed by atoms with Crippen molar-refractivity contribution in [3.05, 3.63) is 65.2 Å². The largest absolute Gasteiger partial charge is 0.466 e. The van der Waals surface area contributed by atoms with E-state index in [0.717, 1.165) is 48.9 Å². The Bertz CT molecular complexity index is 1120. The minimum absolute atomic E-state index is 0.0492. The van der Waals surface area contributed by atoms with Crippen molar-refractivity contribution < 1.29 is 23.9 Å². The lowest BCUT2D eigenvalue weighted by Crippen LogP contribution is -2.41. The first-order valence-electron chi connectivity index (χ1n) is 13.3. The zero-order valence-electron chi connectivity index (χ0n) is 21.7. The lowest BCUT2D eigenvalue weighted by atomic mass is 9.81. The highest BCUT2D eigenvalue weighted by molar-refractivity contribution is 6.42. The molecule has 4 rings (SSSR count). The number of carbonyl (C=O) groups is 4. The molecule has 1 N–H and O–H groups in total. The maximum absolute atomic E-state index is 12.8. The number of ketones is 1. The molecule has 0 spiro atoms. The van der Waals surface area contributed by atoms with Crippen molar-refractivity contribution in [2.45, 2.75) is 58.3 Å². The molecule has 7 heteroatoms. The number of likely N-dealkylation sites (tertiary alicyclic amines) is 1. The number of rotatable bonds is 7. The number of benzene rings is 2. The van der Waals surface area contributed by atoms with Crippen LogP contribution in [0.15, 0.2) is 48.5 Å². The molecule has 0 unspecified atom stereocenters. The second kappa shape index (κ2) is 12.2. The van der Waals surface area contributed by atoms with Gasteiger partial charge in [0.05, 0.1) is 12.5 Å². The number of hydrogen-bond donors (Lipinski definition) is 1. The number of anilines is 1. The summed E-state index contributed by atoms with van der Waals surface area (Å²) in [6, 6.07) is 15.0. The maximum atomic E-state index is 12.8. The van der Waals surface area contributed by atoms with Gasteiger partial charge in [0.1, 0.15) is 0 Å². The third kappa shape index (κ3) is 6.64. The van der Waals surface area contributed by atoms with Crippen LogP contribution < -0.4 is 5.32 Å². The third-order valence-corrected chi connectivity index (χ3v) is 7.60. The Balaban J connectivity index is 1.27. The Labute approximate surface area is 218 Å². The van der Waals surface area contributed by atoms with Crippen molar-refractivity contribution in [1.29, 1.82) is 0 Å². The van der Waals surface area contributed by atoms with Crippen LogP contribution >= 0.6 is 0 Å².